The van der Waals surface area contributed by atoms with Gasteiger partial charge in [0.05, 0.1) is 25.3 Å². The van der Waals surface area contributed by atoms with Gasteiger partial charge in [-0.2, -0.15) is 11.8 Å². The lowest BCUT2D eigenvalue weighted by atomic mass is 10.0. The van der Waals surface area contributed by atoms with Crippen molar-refractivity contribution in [1.82, 2.24) is 21.3 Å². The highest BCUT2D eigenvalue weighted by Crippen LogP contribution is 2.33. The zero-order valence-electron chi connectivity index (χ0n) is 22.5. The van der Waals surface area contributed by atoms with E-state index in [1.807, 2.05) is 11.8 Å². The van der Waals surface area contributed by atoms with Crippen LogP contribution in [0.4, 0.5) is 4.79 Å². The summed E-state index contributed by atoms with van der Waals surface area (Å²) in [5.74, 6) is 0.0934. The summed E-state index contributed by atoms with van der Waals surface area (Å²) in [6, 6.07) is 0.428. The lowest BCUT2D eigenvalue weighted by Gasteiger charge is -2.16. The van der Waals surface area contributed by atoms with Gasteiger partial charge >= 0.3 is 12.0 Å². The summed E-state index contributed by atoms with van der Waals surface area (Å²) >= 11 is 1.91. The Morgan fingerprint density at radius 3 is 2.18 bits per heavy atom. The monoisotopic (exact) mass is 558 g/mol. The number of hydrogen-bond donors (Lipinski definition) is 5. The van der Waals surface area contributed by atoms with Crippen LogP contribution in [0.1, 0.15) is 77.0 Å². The van der Waals surface area contributed by atoms with E-state index in [1.165, 1.54) is 0 Å². The Morgan fingerprint density at radius 1 is 0.789 bits per heavy atom. The Labute approximate surface area is 230 Å². The first kappa shape index (κ1) is 32.2. The molecule has 2 heterocycles. The predicted octanol–water partition coefficient (Wildman–Crippen LogP) is 2.18. The van der Waals surface area contributed by atoms with Gasteiger partial charge in [0.2, 0.25) is 11.8 Å². The molecule has 3 unspecified atom stereocenters. The molecule has 0 spiro atoms. The van der Waals surface area contributed by atoms with Crippen molar-refractivity contribution in [2.45, 2.75) is 94.4 Å². The van der Waals surface area contributed by atoms with Gasteiger partial charge in [-0.1, -0.05) is 19.3 Å². The Bertz CT molecular complexity index is 728. The van der Waals surface area contributed by atoms with Crippen molar-refractivity contribution in [3.63, 3.8) is 0 Å². The Hall–Kier alpha value is -2.05. The smallest absolute Gasteiger partial charge is 0.315 e. The fourth-order valence-electron chi connectivity index (χ4n) is 4.49. The van der Waals surface area contributed by atoms with Crippen molar-refractivity contribution in [3.05, 3.63) is 0 Å². The normalized spacial score (nSPS) is 20.0. The molecule has 0 aliphatic carbocycles. The van der Waals surface area contributed by atoms with E-state index in [9.17, 15) is 19.2 Å². The highest BCUT2D eigenvalue weighted by atomic mass is 32.2. The lowest BCUT2D eigenvalue weighted by molar-refractivity contribution is -0.137. The Kier molecular flexibility index (Phi) is 16.9. The van der Waals surface area contributed by atoms with E-state index >= 15 is 0 Å². The van der Waals surface area contributed by atoms with Crippen LogP contribution in [0.15, 0.2) is 0 Å². The molecule has 11 nitrogen and oxygen atoms in total. The van der Waals surface area contributed by atoms with E-state index in [0.29, 0.717) is 57.6 Å². The third kappa shape index (κ3) is 14.8. The minimum absolute atomic E-state index is 0.0292. The third-order valence-corrected chi connectivity index (χ3v) is 8.08. The number of urea groups is 1. The van der Waals surface area contributed by atoms with Crippen LogP contribution >= 0.6 is 11.8 Å². The average Bonchev–Trinajstić information content (AvgIpc) is 3.43. The molecule has 0 saturated carbocycles. The lowest BCUT2D eigenvalue weighted by Crippen LogP contribution is -2.36. The summed E-state index contributed by atoms with van der Waals surface area (Å²) in [6.07, 6.45) is 8.77. The zero-order chi connectivity index (χ0) is 27.4. The van der Waals surface area contributed by atoms with Crippen LogP contribution in [-0.2, 0) is 23.9 Å². The number of amides is 4. The van der Waals surface area contributed by atoms with Crippen molar-refractivity contribution >= 4 is 35.6 Å². The third-order valence-electron chi connectivity index (χ3n) is 6.57. The average molecular weight is 559 g/mol. The summed E-state index contributed by atoms with van der Waals surface area (Å²) in [7, 11) is 0. The van der Waals surface area contributed by atoms with Gasteiger partial charge in [-0.05, 0) is 38.5 Å². The molecule has 0 aromatic heterocycles. The quantitative estimate of drug-likeness (QED) is 0.0944. The second-order valence-electron chi connectivity index (χ2n) is 9.81. The van der Waals surface area contributed by atoms with Crippen LogP contribution in [0.5, 0.6) is 0 Å². The number of nitrogens with one attached hydrogen (secondary N) is 4. The summed E-state index contributed by atoms with van der Waals surface area (Å²) in [6.45, 7) is 3.61. The van der Waals surface area contributed by atoms with Gasteiger partial charge < -0.3 is 35.8 Å². The van der Waals surface area contributed by atoms with Gasteiger partial charge in [0.25, 0.3) is 0 Å². The van der Waals surface area contributed by atoms with E-state index in [-0.39, 0.29) is 42.8 Å². The maximum atomic E-state index is 12.0. The first-order valence-electron chi connectivity index (χ1n) is 14.0. The summed E-state index contributed by atoms with van der Waals surface area (Å²) in [4.78, 5) is 45.4. The molecule has 0 aromatic carbocycles. The largest absolute Gasteiger partial charge is 0.481 e. The maximum Gasteiger partial charge on any atom is 0.315 e. The standard InChI is InChI=1S/C26H46N4O7S/c31-22(10-4-3-9-21-25-20(19-38-21)29-26(35)30-25)28-14-8-16-37-18-17-36-15-6-2-1-5-13-27-23(32)11-7-12-24(33)34/h20-21,25H,1-19H2,(H,27,32)(H,28,31)(H,33,34)(H2,29,30,35). The van der Waals surface area contributed by atoms with Gasteiger partial charge in [0, 0.05) is 56.6 Å². The number of fused-ring (bicyclic) bond motifs is 1. The van der Waals surface area contributed by atoms with Crippen molar-refractivity contribution < 1.29 is 33.8 Å². The number of carboxylic acid groups (broad SMARTS) is 1. The van der Waals surface area contributed by atoms with E-state index in [1.54, 1.807) is 0 Å². The molecular weight excluding hydrogens is 512 g/mol. The molecule has 0 radical (unpaired) electrons. The number of unbranched alkanes of at least 4 members (excludes halogenated alkanes) is 4. The van der Waals surface area contributed by atoms with Crippen molar-refractivity contribution in [2.24, 2.45) is 0 Å². The van der Waals surface area contributed by atoms with Crippen LogP contribution in [0, 0.1) is 0 Å². The fraction of sp³-hybridized carbons (Fsp3) is 0.846. The number of carbonyl (C=O) groups is 4. The van der Waals surface area contributed by atoms with Crippen LogP contribution in [0.25, 0.3) is 0 Å². The molecule has 2 aliphatic rings. The number of carboxylic acids is 1. The molecule has 2 saturated heterocycles. The first-order valence-corrected chi connectivity index (χ1v) is 15.1. The Morgan fingerprint density at radius 2 is 1.45 bits per heavy atom. The molecule has 4 amide bonds. The molecule has 218 valence electrons. The van der Waals surface area contributed by atoms with Gasteiger partial charge in [-0.25, -0.2) is 4.79 Å². The number of carbonyl (C=O) groups excluding carboxylic acids is 3. The number of thioether (sulfide) groups is 1. The van der Waals surface area contributed by atoms with E-state index < -0.39 is 5.97 Å². The number of rotatable bonds is 23. The molecule has 3 atom stereocenters. The minimum Gasteiger partial charge on any atom is -0.481 e. The summed E-state index contributed by atoms with van der Waals surface area (Å²) in [5.41, 5.74) is 0. The van der Waals surface area contributed by atoms with Gasteiger partial charge in [0.1, 0.15) is 0 Å². The summed E-state index contributed by atoms with van der Waals surface area (Å²) in [5, 5.41) is 20.7. The molecular formula is C26H46N4O7S. The molecule has 0 bridgehead atoms. The van der Waals surface area contributed by atoms with Crippen molar-refractivity contribution in [1.29, 1.82) is 0 Å². The summed E-state index contributed by atoms with van der Waals surface area (Å²) < 4.78 is 11.1. The number of hydrogen-bond acceptors (Lipinski definition) is 7. The van der Waals surface area contributed by atoms with Crippen LogP contribution in [0.3, 0.4) is 0 Å². The first-order chi connectivity index (χ1) is 18.5. The molecule has 2 fully saturated rings. The molecule has 2 rings (SSSR count). The fourth-order valence-corrected chi connectivity index (χ4v) is 6.03. The zero-order valence-corrected chi connectivity index (χ0v) is 23.3. The van der Waals surface area contributed by atoms with Crippen molar-refractivity contribution in [3.8, 4) is 0 Å². The minimum atomic E-state index is -0.872. The van der Waals surface area contributed by atoms with Crippen molar-refractivity contribution in [2.75, 3.05) is 45.3 Å². The molecule has 2 aliphatic heterocycles. The molecule has 5 N–H and O–H groups in total. The van der Waals surface area contributed by atoms with E-state index in [0.717, 1.165) is 57.1 Å². The van der Waals surface area contributed by atoms with E-state index in [2.05, 4.69) is 21.3 Å². The van der Waals surface area contributed by atoms with E-state index in [4.69, 9.17) is 14.6 Å². The number of ether oxygens (including phenoxy) is 2. The molecule has 12 heteroatoms. The second kappa shape index (κ2) is 19.9. The van der Waals surface area contributed by atoms with Crippen LogP contribution in [0.2, 0.25) is 0 Å². The SMILES string of the molecule is O=C(O)CCCC(=O)NCCCCCCOCCOCCCNC(=O)CCCCC1SCC2NC(=O)NC21. The number of aliphatic carboxylic acids is 1. The molecule has 0 aromatic rings. The van der Waals surface area contributed by atoms with Gasteiger partial charge in [0.15, 0.2) is 0 Å². The van der Waals surface area contributed by atoms with Crippen LogP contribution in [-0.4, -0.2) is 91.5 Å². The topological polar surface area (TPSA) is 155 Å². The highest BCUT2D eigenvalue weighted by molar-refractivity contribution is 8.00. The second-order valence-corrected chi connectivity index (χ2v) is 11.1. The van der Waals surface area contributed by atoms with Gasteiger partial charge in [-0.15, -0.1) is 0 Å². The predicted molar refractivity (Wildman–Crippen MR) is 146 cm³/mol. The maximum absolute atomic E-state index is 12.0. The highest BCUT2D eigenvalue weighted by Gasteiger charge is 2.42. The molecule has 38 heavy (non-hydrogen) atoms. The van der Waals surface area contributed by atoms with Gasteiger partial charge in [-0.3, -0.25) is 14.4 Å². The Balaban J connectivity index is 1.25. The van der Waals surface area contributed by atoms with Crippen LogP contribution < -0.4 is 21.3 Å².